The number of nitrogens with zero attached hydrogens (tertiary/aromatic N) is 3. The highest BCUT2D eigenvalue weighted by Gasteiger charge is 2.28. The third-order valence-corrected chi connectivity index (χ3v) is 5.44. The molecule has 1 aromatic rings. The lowest BCUT2D eigenvalue weighted by Gasteiger charge is -2.33. The van der Waals surface area contributed by atoms with E-state index in [9.17, 15) is 5.11 Å². The Morgan fingerprint density at radius 1 is 1.25 bits per heavy atom. The molecule has 0 aliphatic heterocycles. The molecule has 32 heavy (non-hydrogen) atoms. The number of aliphatic hydroxyl groups is 1. The Balaban J connectivity index is 2.48. The van der Waals surface area contributed by atoms with Crippen molar-refractivity contribution in [2.45, 2.75) is 52.2 Å². The summed E-state index contributed by atoms with van der Waals surface area (Å²) in [6, 6.07) is 8.59. The van der Waals surface area contributed by atoms with Crippen molar-refractivity contribution in [2.24, 2.45) is 9.98 Å². The van der Waals surface area contributed by atoms with Crippen molar-refractivity contribution in [3.63, 3.8) is 0 Å². The van der Waals surface area contributed by atoms with Crippen LogP contribution in [0.15, 0.2) is 76.1 Å². The van der Waals surface area contributed by atoms with Crippen molar-refractivity contribution in [3.8, 4) is 0 Å². The van der Waals surface area contributed by atoms with Crippen molar-refractivity contribution in [1.82, 2.24) is 10.2 Å². The zero-order valence-electron chi connectivity index (χ0n) is 20.4. The highest BCUT2D eigenvalue weighted by atomic mass is 16.3. The molecule has 1 aromatic carbocycles. The van der Waals surface area contributed by atoms with Gasteiger partial charge in [-0.3, -0.25) is 4.99 Å². The molecule has 1 saturated carbocycles. The highest BCUT2D eigenvalue weighted by Crippen LogP contribution is 2.24. The van der Waals surface area contributed by atoms with Crippen LogP contribution in [0.4, 0.5) is 0 Å². The first kappa shape index (κ1) is 25.3. The van der Waals surface area contributed by atoms with Gasteiger partial charge < -0.3 is 15.3 Å². The fourth-order valence-electron chi connectivity index (χ4n) is 3.60. The van der Waals surface area contributed by atoms with Crippen LogP contribution < -0.4 is 5.32 Å². The van der Waals surface area contributed by atoms with Crippen LogP contribution in [0.5, 0.6) is 0 Å². The largest absolute Gasteiger partial charge is 0.393 e. The van der Waals surface area contributed by atoms with Gasteiger partial charge in [-0.25, -0.2) is 4.99 Å². The van der Waals surface area contributed by atoms with Gasteiger partial charge in [-0.05, 0) is 67.0 Å². The minimum atomic E-state index is -0.223. The van der Waals surface area contributed by atoms with Gasteiger partial charge in [-0.1, -0.05) is 43.9 Å². The van der Waals surface area contributed by atoms with E-state index < -0.39 is 0 Å². The zero-order chi connectivity index (χ0) is 23.7. The average molecular weight is 435 g/mol. The number of allylic oxidation sites excluding steroid dienone is 5. The zero-order valence-corrected chi connectivity index (χ0v) is 20.4. The van der Waals surface area contributed by atoms with Crippen molar-refractivity contribution >= 4 is 17.5 Å². The number of hydrogen-bond acceptors (Lipinski definition) is 5. The second-order valence-electron chi connectivity index (χ2n) is 8.43. The molecule has 0 radical (unpaired) electrons. The fraction of sp³-hybridized carbons (Fsp3) is 0.407. The molecule has 172 valence electrons. The first-order chi connectivity index (χ1) is 15.3. The van der Waals surface area contributed by atoms with Gasteiger partial charge in [-0.2, -0.15) is 0 Å². The second kappa shape index (κ2) is 12.2. The first-order valence-electron chi connectivity index (χ1n) is 11.2. The van der Waals surface area contributed by atoms with E-state index in [1.165, 1.54) is 0 Å². The standard InChI is InChI=1S/C27H38N4O/c1-8-11-24(17-28-5)19(3)27(30-25-15-26(32)16-25)29-20(4)22-12-10-13-23(14-22)21(9-2)18-31(6)7/h9-14,17-18,25-26,30,32H,2,8,15-16H2,1,3-7H3/b21-18+,24-11+,27-19-,28-17?,29-20+. The predicted molar refractivity (Wildman–Crippen MR) is 138 cm³/mol. The van der Waals surface area contributed by atoms with E-state index in [0.29, 0.717) is 0 Å². The van der Waals surface area contributed by atoms with Crippen LogP contribution in [0.1, 0.15) is 51.2 Å². The van der Waals surface area contributed by atoms with Crippen LogP contribution >= 0.6 is 0 Å². The van der Waals surface area contributed by atoms with Gasteiger partial charge in [0.05, 0.1) is 6.10 Å². The monoisotopic (exact) mass is 434 g/mol. The molecule has 5 nitrogen and oxygen atoms in total. The van der Waals surface area contributed by atoms with Crippen LogP contribution in [-0.2, 0) is 0 Å². The number of aliphatic imine (C=N–C) groups is 2. The Morgan fingerprint density at radius 3 is 2.50 bits per heavy atom. The van der Waals surface area contributed by atoms with E-state index in [1.54, 1.807) is 7.05 Å². The van der Waals surface area contributed by atoms with Crippen molar-refractivity contribution in [1.29, 1.82) is 0 Å². The number of benzene rings is 1. The van der Waals surface area contributed by atoms with Gasteiger partial charge in [0.1, 0.15) is 5.82 Å². The summed E-state index contributed by atoms with van der Waals surface area (Å²) >= 11 is 0. The first-order valence-corrected chi connectivity index (χ1v) is 11.2. The summed E-state index contributed by atoms with van der Waals surface area (Å²) in [6.45, 7) is 10.2. The molecule has 1 aliphatic rings. The van der Waals surface area contributed by atoms with E-state index in [2.05, 4.69) is 67.3 Å². The Morgan fingerprint density at radius 2 is 1.94 bits per heavy atom. The van der Waals surface area contributed by atoms with Crippen molar-refractivity contribution in [3.05, 3.63) is 77.3 Å². The van der Waals surface area contributed by atoms with Gasteiger partial charge in [-0.15, -0.1) is 0 Å². The quantitative estimate of drug-likeness (QED) is 0.404. The number of nitrogens with one attached hydrogen (secondary N) is 1. The summed E-state index contributed by atoms with van der Waals surface area (Å²) in [5, 5.41) is 13.3. The van der Waals surface area contributed by atoms with Crippen LogP contribution in [-0.4, -0.2) is 55.2 Å². The summed E-state index contributed by atoms with van der Waals surface area (Å²) in [7, 11) is 5.79. The highest BCUT2D eigenvalue weighted by molar-refractivity contribution is 6.00. The van der Waals surface area contributed by atoms with E-state index >= 15 is 0 Å². The Bertz CT molecular complexity index is 944. The molecule has 0 unspecified atom stereocenters. The molecule has 0 atom stereocenters. The number of rotatable bonds is 10. The summed E-state index contributed by atoms with van der Waals surface area (Å²) in [5.74, 6) is 0.831. The molecule has 0 heterocycles. The van der Waals surface area contributed by atoms with Crippen LogP contribution in [0.2, 0.25) is 0 Å². The molecule has 0 amide bonds. The van der Waals surface area contributed by atoms with Gasteiger partial charge in [0.15, 0.2) is 0 Å². The molecule has 1 fully saturated rings. The average Bonchev–Trinajstić information content (AvgIpc) is 2.75. The van der Waals surface area contributed by atoms with Crippen LogP contribution in [0.25, 0.3) is 5.57 Å². The molecule has 5 heteroatoms. The minimum absolute atomic E-state index is 0.223. The normalized spacial score (nSPS) is 20.7. The summed E-state index contributed by atoms with van der Waals surface area (Å²) in [6.07, 6.45) is 10.2. The van der Waals surface area contributed by atoms with Crippen LogP contribution in [0.3, 0.4) is 0 Å². The van der Waals surface area contributed by atoms with Gasteiger partial charge in [0.25, 0.3) is 0 Å². The Labute approximate surface area is 193 Å². The summed E-state index contributed by atoms with van der Waals surface area (Å²) in [4.78, 5) is 11.2. The summed E-state index contributed by atoms with van der Waals surface area (Å²) in [5.41, 5.74) is 6.25. The smallest absolute Gasteiger partial charge is 0.130 e. The molecule has 0 aromatic heterocycles. The van der Waals surface area contributed by atoms with Gasteiger partial charge in [0, 0.05) is 45.3 Å². The topological polar surface area (TPSA) is 60.2 Å². The SMILES string of the molecule is C=C/C(=C\N(C)C)c1cccc(/C(C)=N/C(NC2CC(O)C2)=C(C)/C(C=NC)=C/CC)c1. The fourth-order valence-corrected chi connectivity index (χ4v) is 3.60. The Hall–Kier alpha value is -2.92. The minimum Gasteiger partial charge on any atom is -0.393 e. The molecule has 1 aliphatic carbocycles. The van der Waals surface area contributed by atoms with Gasteiger partial charge >= 0.3 is 0 Å². The second-order valence-corrected chi connectivity index (χ2v) is 8.43. The van der Waals surface area contributed by atoms with Gasteiger partial charge in [0.2, 0.25) is 0 Å². The lowest BCUT2D eigenvalue weighted by atomic mass is 9.89. The molecule has 2 rings (SSSR count). The predicted octanol–water partition coefficient (Wildman–Crippen LogP) is 4.97. The van der Waals surface area contributed by atoms with E-state index in [0.717, 1.165) is 58.6 Å². The van der Waals surface area contributed by atoms with Crippen molar-refractivity contribution < 1.29 is 5.11 Å². The molecule has 0 spiro atoms. The molecular formula is C27H38N4O. The third kappa shape index (κ3) is 7.06. The molecule has 0 bridgehead atoms. The number of aliphatic hydroxyl groups excluding tert-OH is 1. The van der Waals surface area contributed by atoms with E-state index in [-0.39, 0.29) is 12.1 Å². The molecule has 0 saturated heterocycles. The maximum Gasteiger partial charge on any atom is 0.130 e. The van der Waals surface area contributed by atoms with Crippen LogP contribution in [0, 0.1) is 0 Å². The number of hydrogen-bond donors (Lipinski definition) is 2. The third-order valence-electron chi connectivity index (χ3n) is 5.44. The van der Waals surface area contributed by atoms with E-state index in [1.807, 2.05) is 38.2 Å². The maximum absolute atomic E-state index is 9.73. The maximum atomic E-state index is 9.73. The molecule has 2 N–H and O–H groups in total. The van der Waals surface area contributed by atoms with Crippen molar-refractivity contribution in [2.75, 3.05) is 21.1 Å². The Kier molecular flexibility index (Phi) is 9.66. The van der Waals surface area contributed by atoms with E-state index in [4.69, 9.17) is 4.99 Å². The summed E-state index contributed by atoms with van der Waals surface area (Å²) < 4.78 is 0. The lowest BCUT2D eigenvalue weighted by Crippen LogP contribution is -2.43. The molecular weight excluding hydrogens is 396 g/mol. The lowest BCUT2D eigenvalue weighted by molar-refractivity contribution is 0.0662.